The normalized spacial score (nSPS) is 26.5. The quantitative estimate of drug-likeness (QED) is 0.431. The van der Waals surface area contributed by atoms with Crippen LogP contribution >= 0.6 is 11.6 Å². The van der Waals surface area contributed by atoms with Crippen molar-refractivity contribution in [2.75, 3.05) is 0 Å². The SMILES string of the molecule is O=C(Cl)C1CCCCC1=O. The Morgan fingerprint density at radius 2 is 2.20 bits per heavy atom. The fourth-order valence-electron chi connectivity index (χ4n) is 1.22. The lowest BCUT2D eigenvalue weighted by Crippen LogP contribution is -2.23. The van der Waals surface area contributed by atoms with Crippen molar-refractivity contribution in [2.45, 2.75) is 25.7 Å². The van der Waals surface area contributed by atoms with E-state index in [2.05, 4.69) is 0 Å². The minimum atomic E-state index is -0.490. The van der Waals surface area contributed by atoms with Gasteiger partial charge in [-0.2, -0.15) is 0 Å². The zero-order chi connectivity index (χ0) is 7.56. The molecule has 1 saturated carbocycles. The van der Waals surface area contributed by atoms with Gasteiger partial charge < -0.3 is 0 Å². The van der Waals surface area contributed by atoms with E-state index >= 15 is 0 Å². The molecule has 1 aliphatic rings. The van der Waals surface area contributed by atoms with Crippen molar-refractivity contribution < 1.29 is 9.59 Å². The maximum absolute atomic E-state index is 10.9. The van der Waals surface area contributed by atoms with Gasteiger partial charge in [0, 0.05) is 6.42 Å². The molecule has 0 heterocycles. The zero-order valence-electron chi connectivity index (χ0n) is 5.60. The smallest absolute Gasteiger partial charge is 0.232 e. The highest BCUT2D eigenvalue weighted by Crippen LogP contribution is 2.22. The van der Waals surface area contributed by atoms with Crippen molar-refractivity contribution in [1.82, 2.24) is 0 Å². The maximum atomic E-state index is 10.9. The fraction of sp³-hybridized carbons (Fsp3) is 0.714. The Balaban J connectivity index is 2.56. The first kappa shape index (κ1) is 7.73. The molecule has 1 aliphatic carbocycles. The predicted octanol–water partition coefficient (Wildman–Crippen LogP) is 1.51. The van der Waals surface area contributed by atoms with Crippen molar-refractivity contribution >= 4 is 22.6 Å². The molecule has 0 N–H and O–H groups in total. The lowest BCUT2D eigenvalue weighted by atomic mass is 9.89. The van der Waals surface area contributed by atoms with Crippen LogP contribution in [0.25, 0.3) is 0 Å². The van der Waals surface area contributed by atoms with Gasteiger partial charge in [-0.1, -0.05) is 6.42 Å². The fourth-order valence-corrected chi connectivity index (χ4v) is 1.45. The number of halogens is 1. The van der Waals surface area contributed by atoms with Crippen molar-refractivity contribution in [3.63, 3.8) is 0 Å². The molecule has 0 bridgehead atoms. The topological polar surface area (TPSA) is 34.1 Å². The first-order chi connectivity index (χ1) is 4.72. The highest BCUT2D eigenvalue weighted by atomic mass is 35.5. The molecule has 0 radical (unpaired) electrons. The minimum Gasteiger partial charge on any atom is -0.299 e. The summed E-state index contributed by atoms with van der Waals surface area (Å²) < 4.78 is 0. The second-order valence-corrected chi connectivity index (χ2v) is 2.94. The van der Waals surface area contributed by atoms with Crippen LogP contribution in [0.3, 0.4) is 0 Å². The van der Waals surface area contributed by atoms with Gasteiger partial charge in [-0.05, 0) is 24.4 Å². The van der Waals surface area contributed by atoms with Crippen LogP contribution in [0.5, 0.6) is 0 Å². The number of carbonyl (C=O) groups is 2. The number of carbonyl (C=O) groups excluding carboxylic acids is 2. The van der Waals surface area contributed by atoms with Gasteiger partial charge in [0.2, 0.25) is 5.24 Å². The van der Waals surface area contributed by atoms with E-state index in [1.165, 1.54) is 0 Å². The van der Waals surface area contributed by atoms with Crippen LogP contribution in [-0.2, 0) is 9.59 Å². The standard InChI is InChI=1S/C7H9ClO2/c8-7(10)5-3-1-2-4-6(5)9/h5H,1-4H2. The van der Waals surface area contributed by atoms with E-state index in [4.69, 9.17) is 11.6 Å². The van der Waals surface area contributed by atoms with Gasteiger partial charge in [-0.3, -0.25) is 9.59 Å². The van der Waals surface area contributed by atoms with E-state index in [0.29, 0.717) is 12.8 Å². The molecule has 10 heavy (non-hydrogen) atoms. The summed E-state index contributed by atoms with van der Waals surface area (Å²) in [6, 6.07) is 0. The van der Waals surface area contributed by atoms with Crippen LogP contribution in [0.2, 0.25) is 0 Å². The summed E-state index contributed by atoms with van der Waals surface area (Å²) in [6.07, 6.45) is 3.05. The molecular formula is C7H9ClO2. The highest BCUT2D eigenvalue weighted by molar-refractivity contribution is 6.65. The van der Waals surface area contributed by atoms with Crippen LogP contribution in [0.15, 0.2) is 0 Å². The summed E-state index contributed by atoms with van der Waals surface area (Å²) in [5, 5.41) is -0.482. The Morgan fingerprint density at radius 3 is 2.60 bits per heavy atom. The molecule has 0 aromatic heterocycles. The molecule has 0 aromatic rings. The summed E-state index contributed by atoms with van der Waals surface area (Å²) in [5.41, 5.74) is 0. The molecule has 0 aliphatic heterocycles. The molecule has 56 valence electrons. The Bertz CT molecular complexity index is 165. The molecule has 0 spiro atoms. The molecular weight excluding hydrogens is 152 g/mol. The Labute approximate surface area is 64.5 Å². The molecule has 2 nitrogen and oxygen atoms in total. The van der Waals surface area contributed by atoms with Crippen molar-refractivity contribution in [3.8, 4) is 0 Å². The molecule has 1 rings (SSSR count). The minimum absolute atomic E-state index is 0.0197. The third-order valence-corrected chi connectivity index (χ3v) is 2.09. The van der Waals surface area contributed by atoms with E-state index in [-0.39, 0.29) is 5.78 Å². The van der Waals surface area contributed by atoms with E-state index < -0.39 is 11.2 Å². The first-order valence-corrected chi connectivity index (χ1v) is 3.81. The van der Waals surface area contributed by atoms with Crippen LogP contribution < -0.4 is 0 Å². The molecule has 1 atom stereocenters. The predicted molar refractivity (Wildman–Crippen MR) is 37.8 cm³/mol. The average Bonchev–Trinajstić information content (AvgIpc) is 1.88. The Hall–Kier alpha value is -0.370. The van der Waals surface area contributed by atoms with Crippen LogP contribution in [0, 0.1) is 5.92 Å². The van der Waals surface area contributed by atoms with Crippen molar-refractivity contribution in [1.29, 1.82) is 0 Å². The second-order valence-electron chi connectivity index (χ2n) is 2.57. The van der Waals surface area contributed by atoms with E-state index in [9.17, 15) is 9.59 Å². The first-order valence-electron chi connectivity index (χ1n) is 3.44. The Morgan fingerprint density at radius 1 is 1.50 bits per heavy atom. The van der Waals surface area contributed by atoms with Gasteiger partial charge in [0.1, 0.15) is 5.78 Å². The average molecular weight is 161 g/mol. The van der Waals surface area contributed by atoms with Crippen molar-refractivity contribution in [2.24, 2.45) is 5.92 Å². The number of hydrogen-bond donors (Lipinski definition) is 0. The van der Waals surface area contributed by atoms with Gasteiger partial charge in [-0.15, -0.1) is 0 Å². The third-order valence-electron chi connectivity index (χ3n) is 1.83. The molecule has 1 fully saturated rings. The van der Waals surface area contributed by atoms with E-state index in [0.717, 1.165) is 12.8 Å². The molecule has 1 unspecified atom stereocenters. The number of hydrogen-bond acceptors (Lipinski definition) is 2. The number of Topliss-reactive ketones (excluding diaryl/α,β-unsaturated/α-hetero) is 1. The molecule has 0 amide bonds. The van der Waals surface area contributed by atoms with Crippen LogP contribution in [0.1, 0.15) is 25.7 Å². The van der Waals surface area contributed by atoms with Gasteiger partial charge in [0.15, 0.2) is 0 Å². The van der Waals surface area contributed by atoms with Crippen LogP contribution in [-0.4, -0.2) is 11.0 Å². The largest absolute Gasteiger partial charge is 0.299 e. The number of rotatable bonds is 1. The molecule has 0 aromatic carbocycles. The lowest BCUT2D eigenvalue weighted by Gasteiger charge is -2.15. The number of ketones is 1. The third kappa shape index (κ3) is 1.57. The second kappa shape index (κ2) is 3.15. The monoisotopic (exact) mass is 160 g/mol. The molecule has 0 saturated heterocycles. The summed E-state index contributed by atoms with van der Waals surface area (Å²) in [4.78, 5) is 21.5. The maximum Gasteiger partial charge on any atom is 0.232 e. The van der Waals surface area contributed by atoms with Gasteiger partial charge in [-0.25, -0.2) is 0 Å². The van der Waals surface area contributed by atoms with Gasteiger partial charge in [0.05, 0.1) is 5.92 Å². The van der Waals surface area contributed by atoms with Crippen molar-refractivity contribution in [3.05, 3.63) is 0 Å². The van der Waals surface area contributed by atoms with Crippen LogP contribution in [0.4, 0.5) is 0 Å². The van der Waals surface area contributed by atoms with Gasteiger partial charge >= 0.3 is 0 Å². The summed E-state index contributed by atoms with van der Waals surface area (Å²) in [5.74, 6) is -0.471. The summed E-state index contributed by atoms with van der Waals surface area (Å²) >= 11 is 5.19. The zero-order valence-corrected chi connectivity index (χ0v) is 6.36. The van der Waals surface area contributed by atoms with E-state index in [1.807, 2.05) is 0 Å². The highest BCUT2D eigenvalue weighted by Gasteiger charge is 2.26. The molecule has 3 heteroatoms. The van der Waals surface area contributed by atoms with E-state index in [1.54, 1.807) is 0 Å². The Kier molecular flexibility index (Phi) is 2.44. The lowest BCUT2D eigenvalue weighted by molar-refractivity contribution is -0.130. The summed E-state index contributed by atoms with van der Waals surface area (Å²) in [7, 11) is 0. The van der Waals surface area contributed by atoms with Gasteiger partial charge in [0.25, 0.3) is 0 Å². The summed E-state index contributed by atoms with van der Waals surface area (Å²) in [6.45, 7) is 0.